The number of piperidine rings is 1. The Labute approximate surface area is 164 Å². The van der Waals surface area contributed by atoms with Gasteiger partial charge in [-0.05, 0) is 55.5 Å². The van der Waals surface area contributed by atoms with Crippen molar-refractivity contribution in [1.82, 2.24) is 4.90 Å². The van der Waals surface area contributed by atoms with Gasteiger partial charge in [0.2, 0.25) is 0 Å². The minimum Gasteiger partial charge on any atom is -0.330 e. The zero-order valence-electron chi connectivity index (χ0n) is 15.4. The Hall–Kier alpha value is -2.05. The van der Waals surface area contributed by atoms with Gasteiger partial charge in [0.25, 0.3) is 0 Å². The van der Waals surface area contributed by atoms with E-state index in [4.69, 9.17) is 5.73 Å². The highest BCUT2D eigenvalue weighted by Gasteiger charge is 2.23. The van der Waals surface area contributed by atoms with Gasteiger partial charge < -0.3 is 16.0 Å². The maximum absolute atomic E-state index is 13.8. The number of hydrogen-bond donors (Lipinski definition) is 2. The third kappa shape index (κ3) is 5.47. The lowest BCUT2D eigenvalue weighted by molar-refractivity contribution is 0.175. The number of nitrogens with two attached hydrogens (primary N) is 1. The van der Waals surface area contributed by atoms with Crippen molar-refractivity contribution in [3.8, 4) is 0 Å². The molecule has 6 heteroatoms. The molecule has 3 rings (SSSR count). The van der Waals surface area contributed by atoms with Gasteiger partial charge >= 0.3 is 6.03 Å². The second kappa shape index (κ2) is 9.76. The third-order valence-electron chi connectivity index (χ3n) is 4.85. The molecule has 0 saturated carbocycles. The van der Waals surface area contributed by atoms with Gasteiger partial charge in [-0.15, -0.1) is 11.8 Å². The van der Waals surface area contributed by atoms with Crippen LogP contribution in [-0.2, 0) is 5.75 Å². The quantitative estimate of drug-likeness (QED) is 0.706. The third-order valence-corrected chi connectivity index (χ3v) is 5.97. The summed E-state index contributed by atoms with van der Waals surface area (Å²) in [5.41, 5.74) is 7.09. The Kier molecular flexibility index (Phi) is 7.12. The predicted octanol–water partition coefficient (Wildman–Crippen LogP) is 4.71. The summed E-state index contributed by atoms with van der Waals surface area (Å²) in [6.45, 7) is 2.20. The minimum atomic E-state index is -0.203. The van der Waals surface area contributed by atoms with Gasteiger partial charge in [0, 0.05) is 23.7 Å². The molecule has 3 N–H and O–H groups in total. The molecule has 27 heavy (non-hydrogen) atoms. The number of carbonyl (C=O) groups excluding carboxylic acids is 1. The number of nitrogens with zero attached hydrogens (tertiary/aromatic N) is 1. The molecule has 1 atom stereocenters. The fourth-order valence-corrected chi connectivity index (χ4v) is 4.38. The number of benzene rings is 2. The largest absolute Gasteiger partial charge is 0.330 e. The van der Waals surface area contributed by atoms with Crippen LogP contribution in [0.3, 0.4) is 0 Å². The molecule has 0 radical (unpaired) electrons. The maximum Gasteiger partial charge on any atom is 0.321 e. The van der Waals surface area contributed by atoms with Crippen LogP contribution in [0.4, 0.5) is 14.9 Å². The highest BCUT2D eigenvalue weighted by Crippen LogP contribution is 2.31. The van der Waals surface area contributed by atoms with Crippen LogP contribution < -0.4 is 11.1 Å². The first-order valence-corrected chi connectivity index (χ1v) is 10.4. The molecule has 0 bridgehead atoms. The molecule has 0 aliphatic carbocycles. The Balaban J connectivity index is 1.63. The molecule has 1 aliphatic rings. The number of urea groups is 1. The van der Waals surface area contributed by atoms with Crippen LogP contribution in [0.2, 0.25) is 0 Å². The van der Waals surface area contributed by atoms with E-state index in [0.29, 0.717) is 23.8 Å². The van der Waals surface area contributed by atoms with Gasteiger partial charge in [-0.1, -0.05) is 30.3 Å². The van der Waals surface area contributed by atoms with Gasteiger partial charge in [-0.25, -0.2) is 9.18 Å². The predicted molar refractivity (Wildman–Crippen MR) is 109 cm³/mol. The molecular weight excluding hydrogens is 361 g/mol. The van der Waals surface area contributed by atoms with E-state index in [-0.39, 0.29) is 11.8 Å². The van der Waals surface area contributed by atoms with Crippen LogP contribution in [0.15, 0.2) is 53.4 Å². The maximum atomic E-state index is 13.8. The van der Waals surface area contributed by atoms with E-state index < -0.39 is 0 Å². The standard InChI is InChI=1S/C21H26FN3OS/c22-18-8-2-1-7-17(18)15-27-20-10-4-3-9-19(20)24-21(26)25-13-5-6-16(14-25)11-12-23/h1-4,7-10,16H,5-6,11-15,23H2,(H,24,26)/t16-/m1/s1. The Bertz CT molecular complexity index is 769. The number of likely N-dealkylation sites (tertiary alicyclic amines) is 1. The summed E-state index contributed by atoms with van der Waals surface area (Å²) in [4.78, 5) is 15.5. The van der Waals surface area contributed by atoms with Gasteiger partial charge in [-0.3, -0.25) is 0 Å². The van der Waals surface area contributed by atoms with E-state index in [0.717, 1.165) is 42.9 Å². The molecule has 2 aromatic carbocycles. The van der Waals surface area contributed by atoms with Crippen molar-refractivity contribution in [3.63, 3.8) is 0 Å². The van der Waals surface area contributed by atoms with Crippen molar-refractivity contribution < 1.29 is 9.18 Å². The molecule has 2 amide bonds. The van der Waals surface area contributed by atoms with Crippen molar-refractivity contribution in [2.45, 2.75) is 29.9 Å². The molecule has 0 aromatic heterocycles. The van der Waals surface area contributed by atoms with Crippen LogP contribution >= 0.6 is 11.8 Å². The number of nitrogens with one attached hydrogen (secondary N) is 1. The number of para-hydroxylation sites is 1. The number of anilines is 1. The fraction of sp³-hybridized carbons (Fsp3) is 0.381. The summed E-state index contributed by atoms with van der Waals surface area (Å²) >= 11 is 1.52. The van der Waals surface area contributed by atoms with Crippen LogP contribution in [0.1, 0.15) is 24.8 Å². The summed E-state index contributed by atoms with van der Waals surface area (Å²) in [7, 11) is 0. The summed E-state index contributed by atoms with van der Waals surface area (Å²) in [5, 5.41) is 3.03. The number of thioether (sulfide) groups is 1. The van der Waals surface area contributed by atoms with E-state index in [9.17, 15) is 9.18 Å². The average Bonchev–Trinajstić information content (AvgIpc) is 2.69. The minimum absolute atomic E-state index is 0.0735. The Morgan fingerprint density at radius 1 is 1.22 bits per heavy atom. The smallest absolute Gasteiger partial charge is 0.321 e. The average molecular weight is 388 g/mol. The topological polar surface area (TPSA) is 58.4 Å². The van der Waals surface area contributed by atoms with Gasteiger partial charge in [0.05, 0.1) is 5.69 Å². The molecule has 4 nitrogen and oxygen atoms in total. The molecule has 0 spiro atoms. The lowest BCUT2D eigenvalue weighted by atomic mass is 9.95. The van der Waals surface area contributed by atoms with E-state index in [1.54, 1.807) is 12.1 Å². The summed E-state index contributed by atoms with van der Waals surface area (Å²) in [6, 6.07) is 14.4. The second-order valence-corrected chi connectivity index (χ2v) is 7.86. The molecule has 144 valence electrons. The monoisotopic (exact) mass is 387 g/mol. The van der Waals surface area contributed by atoms with E-state index in [1.165, 1.54) is 17.8 Å². The highest BCUT2D eigenvalue weighted by molar-refractivity contribution is 7.98. The van der Waals surface area contributed by atoms with E-state index in [1.807, 2.05) is 35.2 Å². The first-order valence-electron chi connectivity index (χ1n) is 9.38. The molecule has 1 aliphatic heterocycles. The van der Waals surface area contributed by atoms with Crippen LogP contribution in [-0.4, -0.2) is 30.6 Å². The molecule has 1 fully saturated rings. The molecule has 1 heterocycles. The van der Waals surface area contributed by atoms with E-state index >= 15 is 0 Å². The Morgan fingerprint density at radius 2 is 2.00 bits per heavy atom. The van der Waals surface area contributed by atoms with Crippen molar-refractivity contribution in [3.05, 3.63) is 59.9 Å². The first-order chi connectivity index (χ1) is 13.2. The lowest BCUT2D eigenvalue weighted by Gasteiger charge is -2.32. The number of hydrogen-bond acceptors (Lipinski definition) is 3. The van der Waals surface area contributed by atoms with E-state index in [2.05, 4.69) is 5.32 Å². The summed E-state index contributed by atoms with van der Waals surface area (Å²) in [5.74, 6) is 0.799. The first kappa shape index (κ1) is 19.7. The zero-order chi connectivity index (χ0) is 19.1. The summed E-state index contributed by atoms with van der Waals surface area (Å²) in [6.07, 6.45) is 3.11. The number of amides is 2. The Morgan fingerprint density at radius 3 is 2.81 bits per heavy atom. The van der Waals surface area contributed by atoms with Crippen LogP contribution in [0.25, 0.3) is 0 Å². The van der Waals surface area contributed by atoms with Crippen molar-refractivity contribution in [2.24, 2.45) is 11.7 Å². The second-order valence-electron chi connectivity index (χ2n) is 6.84. The number of carbonyl (C=O) groups is 1. The highest BCUT2D eigenvalue weighted by atomic mass is 32.2. The SMILES string of the molecule is NCC[C@H]1CCCN(C(=O)Nc2ccccc2SCc2ccccc2F)C1. The lowest BCUT2D eigenvalue weighted by Crippen LogP contribution is -2.42. The van der Waals surface area contributed by atoms with Crippen LogP contribution in [0, 0.1) is 11.7 Å². The van der Waals surface area contributed by atoms with Crippen molar-refractivity contribution >= 4 is 23.5 Å². The summed E-state index contributed by atoms with van der Waals surface area (Å²) < 4.78 is 13.8. The molecular formula is C21H26FN3OS. The molecule has 1 saturated heterocycles. The van der Waals surface area contributed by atoms with Crippen molar-refractivity contribution in [1.29, 1.82) is 0 Å². The normalized spacial score (nSPS) is 17.0. The van der Waals surface area contributed by atoms with Gasteiger partial charge in [0.1, 0.15) is 5.82 Å². The molecule has 0 unspecified atom stereocenters. The molecule has 2 aromatic rings. The number of rotatable bonds is 6. The van der Waals surface area contributed by atoms with Crippen molar-refractivity contribution in [2.75, 3.05) is 25.0 Å². The van der Waals surface area contributed by atoms with Gasteiger partial charge in [-0.2, -0.15) is 0 Å². The zero-order valence-corrected chi connectivity index (χ0v) is 16.2. The number of halogens is 1. The van der Waals surface area contributed by atoms with Crippen LogP contribution in [0.5, 0.6) is 0 Å². The van der Waals surface area contributed by atoms with Gasteiger partial charge in [0.15, 0.2) is 0 Å². The fourth-order valence-electron chi connectivity index (χ4n) is 3.38.